The lowest BCUT2D eigenvalue weighted by atomic mass is 9.85. The van der Waals surface area contributed by atoms with Gasteiger partial charge in [0.2, 0.25) is 5.91 Å². The van der Waals surface area contributed by atoms with Crippen LogP contribution in [-0.2, 0) is 4.79 Å². The van der Waals surface area contributed by atoms with E-state index in [0.29, 0.717) is 10.4 Å². The van der Waals surface area contributed by atoms with E-state index >= 15 is 0 Å². The molecule has 5 nitrogen and oxygen atoms in total. The van der Waals surface area contributed by atoms with Gasteiger partial charge in [-0.3, -0.25) is 9.59 Å². The zero-order valence-electron chi connectivity index (χ0n) is 9.82. The first kappa shape index (κ1) is 13.1. The van der Waals surface area contributed by atoms with E-state index in [1.54, 1.807) is 12.1 Å². The van der Waals surface area contributed by atoms with Crippen LogP contribution in [-0.4, -0.2) is 17.9 Å². The van der Waals surface area contributed by atoms with E-state index < -0.39 is 0 Å². The molecule has 0 bridgehead atoms. The number of hydrogen-bond acceptors (Lipinski definition) is 3. The first-order valence-corrected chi connectivity index (χ1v) is 6.71. The molecule has 0 aromatic carbocycles. The van der Waals surface area contributed by atoms with Crippen LogP contribution in [0.4, 0.5) is 0 Å². The molecule has 3 N–H and O–H groups in total. The first-order valence-electron chi connectivity index (χ1n) is 5.92. The molecule has 98 valence electrons. The largest absolute Gasteiger partial charge is 0.444 e. The molecule has 1 fully saturated rings. The highest BCUT2D eigenvalue weighted by atomic mass is 79.9. The number of nitrogens with two attached hydrogens (primary N) is 1. The summed E-state index contributed by atoms with van der Waals surface area (Å²) < 4.78 is 5.71. The van der Waals surface area contributed by atoms with Gasteiger partial charge >= 0.3 is 0 Å². The summed E-state index contributed by atoms with van der Waals surface area (Å²) in [5, 5.41) is 2.90. The van der Waals surface area contributed by atoms with Crippen LogP contribution < -0.4 is 11.1 Å². The lowest BCUT2D eigenvalue weighted by molar-refractivity contribution is -0.122. The predicted octanol–water partition coefficient (Wildman–Crippen LogP) is 1.82. The van der Waals surface area contributed by atoms with Gasteiger partial charge in [0.05, 0.1) is 0 Å². The van der Waals surface area contributed by atoms with Gasteiger partial charge in [0.1, 0.15) is 0 Å². The Kier molecular flexibility index (Phi) is 4.06. The Balaban J connectivity index is 1.85. The SMILES string of the molecule is NC(=O)C1CCC(NC(=O)c2ccc(Br)o2)CC1. The summed E-state index contributed by atoms with van der Waals surface area (Å²) in [5.41, 5.74) is 5.26. The highest BCUT2D eigenvalue weighted by Crippen LogP contribution is 2.24. The molecule has 0 spiro atoms. The van der Waals surface area contributed by atoms with Crippen molar-refractivity contribution < 1.29 is 14.0 Å². The second-order valence-corrected chi connectivity index (χ2v) is 5.31. The van der Waals surface area contributed by atoms with Gasteiger partial charge in [-0.2, -0.15) is 0 Å². The normalized spacial score (nSPS) is 23.6. The van der Waals surface area contributed by atoms with E-state index in [9.17, 15) is 9.59 Å². The summed E-state index contributed by atoms with van der Waals surface area (Å²) in [5.74, 6) is -0.215. The number of rotatable bonds is 3. The summed E-state index contributed by atoms with van der Waals surface area (Å²) in [7, 11) is 0. The van der Waals surface area contributed by atoms with Crippen LogP contribution in [0.2, 0.25) is 0 Å². The van der Waals surface area contributed by atoms with Crippen LogP contribution >= 0.6 is 15.9 Å². The van der Waals surface area contributed by atoms with E-state index in [1.807, 2.05) is 0 Å². The average Bonchev–Trinajstić information content (AvgIpc) is 2.76. The number of furan rings is 1. The summed E-state index contributed by atoms with van der Waals surface area (Å²) in [6, 6.07) is 3.39. The third-order valence-electron chi connectivity index (χ3n) is 3.26. The smallest absolute Gasteiger partial charge is 0.287 e. The van der Waals surface area contributed by atoms with Crippen LogP contribution in [0, 0.1) is 5.92 Å². The zero-order chi connectivity index (χ0) is 13.1. The molecule has 0 unspecified atom stereocenters. The number of halogens is 1. The van der Waals surface area contributed by atoms with Gasteiger partial charge in [0, 0.05) is 12.0 Å². The minimum atomic E-state index is -0.241. The van der Waals surface area contributed by atoms with Gasteiger partial charge in [0.25, 0.3) is 5.91 Å². The monoisotopic (exact) mass is 314 g/mol. The molecule has 2 rings (SSSR count). The van der Waals surface area contributed by atoms with Crippen molar-refractivity contribution in [2.75, 3.05) is 0 Å². The van der Waals surface area contributed by atoms with Crippen molar-refractivity contribution in [3.05, 3.63) is 22.6 Å². The van der Waals surface area contributed by atoms with Crippen LogP contribution in [0.15, 0.2) is 21.2 Å². The molecular formula is C12H15BrN2O3. The number of nitrogens with one attached hydrogen (secondary N) is 1. The van der Waals surface area contributed by atoms with Gasteiger partial charge in [-0.25, -0.2) is 0 Å². The minimum Gasteiger partial charge on any atom is -0.444 e. The first-order chi connectivity index (χ1) is 8.56. The van der Waals surface area contributed by atoms with Gasteiger partial charge in [-0.15, -0.1) is 0 Å². The van der Waals surface area contributed by atoms with Crippen molar-refractivity contribution >= 4 is 27.7 Å². The van der Waals surface area contributed by atoms with E-state index in [1.165, 1.54) is 0 Å². The molecule has 2 amide bonds. The van der Waals surface area contributed by atoms with Crippen molar-refractivity contribution in [2.45, 2.75) is 31.7 Å². The third kappa shape index (κ3) is 3.13. The maximum absolute atomic E-state index is 11.8. The molecule has 0 radical (unpaired) electrons. The topological polar surface area (TPSA) is 85.3 Å². The lowest BCUT2D eigenvalue weighted by Crippen LogP contribution is -2.39. The number of carbonyl (C=O) groups is 2. The molecule has 6 heteroatoms. The van der Waals surface area contributed by atoms with Crippen molar-refractivity contribution in [2.24, 2.45) is 11.7 Å². The van der Waals surface area contributed by atoms with Crippen LogP contribution in [0.1, 0.15) is 36.2 Å². The fraction of sp³-hybridized carbons (Fsp3) is 0.500. The van der Waals surface area contributed by atoms with Crippen molar-refractivity contribution in [3.8, 4) is 0 Å². The fourth-order valence-corrected chi connectivity index (χ4v) is 2.52. The standard InChI is InChI=1S/C12H15BrN2O3/c13-10-6-5-9(18-10)12(17)15-8-3-1-7(2-4-8)11(14)16/h5-8H,1-4H2,(H2,14,16)(H,15,17). The maximum atomic E-state index is 11.8. The van der Waals surface area contributed by atoms with Gasteiger partial charge in [0.15, 0.2) is 10.4 Å². The molecule has 1 aromatic heterocycles. The minimum absolute atomic E-state index is 0.0455. The van der Waals surface area contributed by atoms with Gasteiger partial charge in [-0.05, 0) is 53.7 Å². The molecule has 1 heterocycles. The fourth-order valence-electron chi connectivity index (χ4n) is 2.22. The van der Waals surface area contributed by atoms with E-state index in [-0.39, 0.29) is 23.8 Å². The molecule has 1 saturated carbocycles. The summed E-state index contributed by atoms with van der Waals surface area (Å²) in [6.07, 6.45) is 3.03. The molecule has 1 aromatic rings. The molecule has 1 aliphatic rings. The molecule has 18 heavy (non-hydrogen) atoms. The number of hydrogen-bond donors (Lipinski definition) is 2. The molecule has 0 saturated heterocycles. The summed E-state index contributed by atoms with van der Waals surface area (Å²) in [6.45, 7) is 0. The van der Waals surface area contributed by atoms with E-state index in [2.05, 4.69) is 21.2 Å². The summed E-state index contributed by atoms with van der Waals surface area (Å²) in [4.78, 5) is 22.8. The van der Waals surface area contributed by atoms with E-state index in [4.69, 9.17) is 10.2 Å². The zero-order valence-corrected chi connectivity index (χ0v) is 11.4. The van der Waals surface area contributed by atoms with Crippen molar-refractivity contribution in [1.29, 1.82) is 0 Å². The lowest BCUT2D eigenvalue weighted by Gasteiger charge is -2.26. The van der Waals surface area contributed by atoms with E-state index in [0.717, 1.165) is 25.7 Å². The molecular weight excluding hydrogens is 300 g/mol. The highest BCUT2D eigenvalue weighted by molar-refractivity contribution is 9.10. The summed E-state index contributed by atoms with van der Waals surface area (Å²) >= 11 is 3.15. The Morgan fingerprint density at radius 1 is 1.28 bits per heavy atom. The average molecular weight is 315 g/mol. The Bertz CT molecular complexity index is 450. The Morgan fingerprint density at radius 2 is 1.94 bits per heavy atom. The third-order valence-corrected chi connectivity index (χ3v) is 3.69. The quantitative estimate of drug-likeness (QED) is 0.892. The number of carbonyl (C=O) groups excluding carboxylic acids is 2. The molecule has 0 aliphatic heterocycles. The second kappa shape index (κ2) is 5.56. The van der Waals surface area contributed by atoms with Gasteiger partial charge < -0.3 is 15.5 Å². The second-order valence-electron chi connectivity index (χ2n) is 4.53. The van der Waals surface area contributed by atoms with Crippen LogP contribution in [0.25, 0.3) is 0 Å². The molecule has 1 aliphatic carbocycles. The Morgan fingerprint density at radius 3 is 2.44 bits per heavy atom. The Hall–Kier alpha value is -1.30. The Labute approximate surface area is 113 Å². The predicted molar refractivity (Wildman–Crippen MR) is 68.8 cm³/mol. The number of amides is 2. The highest BCUT2D eigenvalue weighted by Gasteiger charge is 2.26. The van der Waals surface area contributed by atoms with Crippen molar-refractivity contribution in [1.82, 2.24) is 5.32 Å². The maximum Gasteiger partial charge on any atom is 0.287 e. The van der Waals surface area contributed by atoms with Crippen LogP contribution in [0.5, 0.6) is 0 Å². The van der Waals surface area contributed by atoms with Crippen molar-refractivity contribution in [3.63, 3.8) is 0 Å². The molecule has 0 atom stereocenters. The van der Waals surface area contributed by atoms with Gasteiger partial charge in [-0.1, -0.05) is 0 Å². The number of primary amides is 1. The van der Waals surface area contributed by atoms with Crippen LogP contribution in [0.3, 0.4) is 0 Å².